The molecule has 0 unspecified atom stereocenters. The first-order chi connectivity index (χ1) is 11.0. The second kappa shape index (κ2) is 13.6. The first-order valence-corrected chi connectivity index (χ1v) is 10.0. The molecule has 0 saturated carbocycles. The Hall–Kier alpha value is -0.840. The third-order valence-electron chi connectivity index (χ3n) is 3.04. The zero-order valence-corrected chi connectivity index (χ0v) is 15.8. The molecule has 6 nitrogen and oxygen atoms in total. The maximum Gasteiger partial charge on any atom is 0.355 e. The van der Waals surface area contributed by atoms with Gasteiger partial charge in [0.25, 0.3) is 0 Å². The summed E-state index contributed by atoms with van der Waals surface area (Å²) in [7, 11) is -1.86. The highest BCUT2D eigenvalue weighted by Gasteiger charge is 2.20. The Bertz CT molecular complexity index is 375. The van der Waals surface area contributed by atoms with Crippen LogP contribution in [0.2, 0.25) is 0 Å². The third-order valence-corrected chi connectivity index (χ3v) is 4.62. The topological polar surface area (TPSA) is 65.1 Å². The van der Waals surface area contributed by atoms with Gasteiger partial charge in [0, 0.05) is 25.1 Å². The van der Waals surface area contributed by atoms with Crippen LogP contribution in [-0.2, 0) is 23.1 Å². The quantitative estimate of drug-likeness (QED) is 0.346. The zero-order chi connectivity index (χ0) is 17.6. The van der Waals surface area contributed by atoms with E-state index in [0.29, 0.717) is 26.2 Å². The summed E-state index contributed by atoms with van der Waals surface area (Å²) >= 11 is 0. The van der Waals surface area contributed by atoms with E-state index in [4.69, 9.17) is 9.05 Å². The molecule has 0 amide bonds. The zero-order valence-electron chi connectivity index (χ0n) is 15.0. The van der Waals surface area contributed by atoms with E-state index in [1.165, 1.54) is 12.9 Å². The number of ether oxygens (including phenoxy) is 1. The summed E-state index contributed by atoms with van der Waals surface area (Å²) in [4.78, 5) is 13.3. The lowest BCUT2D eigenvalue weighted by molar-refractivity contribution is -0.140. The molecule has 136 valence electrons. The van der Waals surface area contributed by atoms with Gasteiger partial charge >= 0.3 is 13.6 Å². The van der Waals surface area contributed by atoms with Crippen LogP contribution in [0, 0.1) is 0 Å². The monoisotopic (exact) mass is 349 g/mol. The fraction of sp³-hybridized carbons (Fsp3) is 0.812. The van der Waals surface area contributed by atoms with Crippen molar-refractivity contribution in [3.05, 3.63) is 12.0 Å². The van der Waals surface area contributed by atoms with Gasteiger partial charge < -0.3 is 18.7 Å². The van der Waals surface area contributed by atoms with E-state index in [1.807, 2.05) is 18.7 Å². The van der Waals surface area contributed by atoms with Crippen molar-refractivity contribution in [3.8, 4) is 0 Å². The molecule has 0 N–H and O–H groups in total. The molecule has 0 aliphatic rings. The van der Waals surface area contributed by atoms with Gasteiger partial charge in [0.05, 0.1) is 26.7 Å². The van der Waals surface area contributed by atoms with Crippen LogP contribution in [0.15, 0.2) is 12.0 Å². The van der Waals surface area contributed by atoms with Crippen LogP contribution in [-0.4, -0.2) is 44.3 Å². The van der Waals surface area contributed by atoms with Crippen molar-refractivity contribution < 1.29 is 23.1 Å². The Kier molecular flexibility index (Phi) is 13.1. The van der Waals surface area contributed by atoms with E-state index in [1.54, 1.807) is 6.20 Å². The lowest BCUT2D eigenvalue weighted by Crippen LogP contribution is -2.22. The predicted octanol–water partition coefficient (Wildman–Crippen LogP) is 4.17. The smallest absolute Gasteiger partial charge is 0.355 e. The molecular formula is C16H32NO5P. The molecule has 23 heavy (non-hydrogen) atoms. The fourth-order valence-corrected chi connectivity index (χ4v) is 3.17. The number of esters is 1. The van der Waals surface area contributed by atoms with Crippen LogP contribution in [0.25, 0.3) is 0 Å². The molecule has 0 fully saturated rings. The van der Waals surface area contributed by atoms with Gasteiger partial charge in [-0.25, -0.2) is 0 Å². The first-order valence-electron chi connectivity index (χ1n) is 8.40. The largest absolute Gasteiger partial charge is 0.469 e. The van der Waals surface area contributed by atoms with Gasteiger partial charge in [-0.05, 0) is 19.3 Å². The third kappa shape index (κ3) is 11.4. The SMILES string of the molecule is CCCCN(/C=C/P(=O)(OCCC)OCCC)CCC(=O)OC. The van der Waals surface area contributed by atoms with Gasteiger partial charge in [-0.3, -0.25) is 9.36 Å². The Morgan fingerprint density at radius 3 is 2.13 bits per heavy atom. The van der Waals surface area contributed by atoms with Gasteiger partial charge in [-0.2, -0.15) is 0 Å². The van der Waals surface area contributed by atoms with E-state index in [-0.39, 0.29) is 5.97 Å². The molecule has 0 aromatic rings. The summed E-state index contributed by atoms with van der Waals surface area (Å²) in [6, 6.07) is 0. The minimum atomic E-state index is -3.23. The molecule has 0 heterocycles. The minimum Gasteiger partial charge on any atom is -0.469 e. The van der Waals surface area contributed by atoms with Crippen molar-refractivity contribution in [2.75, 3.05) is 33.4 Å². The second-order valence-electron chi connectivity index (χ2n) is 5.22. The van der Waals surface area contributed by atoms with Gasteiger partial charge in [0.15, 0.2) is 0 Å². The number of carbonyl (C=O) groups excluding carboxylic acids is 1. The normalized spacial score (nSPS) is 11.8. The average molecular weight is 349 g/mol. The van der Waals surface area contributed by atoms with Crippen LogP contribution >= 0.6 is 7.60 Å². The number of carbonyl (C=O) groups is 1. The number of unbranched alkanes of at least 4 members (excludes halogenated alkanes) is 1. The molecule has 0 saturated heterocycles. The second-order valence-corrected chi connectivity index (χ2v) is 7.11. The molecule has 0 aliphatic heterocycles. The lowest BCUT2D eigenvalue weighted by Gasteiger charge is -2.21. The molecule has 0 aromatic heterocycles. The van der Waals surface area contributed by atoms with E-state index in [2.05, 4.69) is 11.7 Å². The highest BCUT2D eigenvalue weighted by molar-refractivity contribution is 7.57. The summed E-state index contributed by atoms with van der Waals surface area (Å²) in [6.45, 7) is 8.10. The molecule has 0 radical (unpaired) electrons. The molecule has 0 rings (SSSR count). The van der Waals surface area contributed by atoms with E-state index >= 15 is 0 Å². The highest BCUT2D eigenvalue weighted by Crippen LogP contribution is 2.50. The van der Waals surface area contributed by atoms with E-state index < -0.39 is 7.60 Å². The van der Waals surface area contributed by atoms with Crippen molar-refractivity contribution >= 4 is 13.6 Å². The maximum absolute atomic E-state index is 12.7. The van der Waals surface area contributed by atoms with Gasteiger partial charge in [0.2, 0.25) is 0 Å². The Morgan fingerprint density at radius 2 is 1.65 bits per heavy atom. The fourth-order valence-electron chi connectivity index (χ4n) is 1.70. The summed E-state index contributed by atoms with van der Waals surface area (Å²) in [5, 5.41) is 0. The summed E-state index contributed by atoms with van der Waals surface area (Å²) in [5.41, 5.74) is 0. The summed E-state index contributed by atoms with van der Waals surface area (Å²) in [5.74, 6) is 1.25. The standard InChI is InChI=1S/C16H32NO5P/c1-5-8-10-17(11-9-16(18)20-4)12-15-23(19,21-13-6-2)22-14-7-3/h12,15H,5-11,13-14H2,1-4H3/b15-12+. The van der Waals surface area contributed by atoms with Crippen LogP contribution in [0.3, 0.4) is 0 Å². The first kappa shape index (κ1) is 22.2. The van der Waals surface area contributed by atoms with Crippen molar-refractivity contribution in [2.24, 2.45) is 0 Å². The maximum atomic E-state index is 12.7. The molecule has 0 aromatic carbocycles. The van der Waals surface area contributed by atoms with Crippen LogP contribution < -0.4 is 0 Å². The van der Waals surface area contributed by atoms with Crippen LogP contribution in [0.4, 0.5) is 0 Å². The highest BCUT2D eigenvalue weighted by atomic mass is 31.2. The number of hydrogen-bond acceptors (Lipinski definition) is 6. The Balaban J connectivity index is 4.80. The number of nitrogens with zero attached hydrogens (tertiary/aromatic N) is 1. The van der Waals surface area contributed by atoms with Crippen LogP contribution in [0.5, 0.6) is 0 Å². The van der Waals surface area contributed by atoms with Gasteiger partial charge in [-0.15, -0.1) is 0 Å². The van der Waals surface area contributed by atoms with E-state index in [0.717, 1.165) is 32.2 Å². The number of rotatable bonds is 14. The molecule has 0 aliphatic carbocycles. The minimum absolute atomic E-state index is 0.257. The molecule has 0 spiro atoms. The van der Waals surface area contributed by atoms with Crippen LogP contribution in [0.1, 0.15) is 52.9 Å². The lowest BCUT2D eigenvalue weighted by atomic mass is 10.3. The van der Waals surface area contributed by atoms with Crippen molar-refractivity contribution in [2.45, 2.75) is 52.9 Å². The van der Waals surface area contributed by atoms with Gasteiger partial charge in [-0.1, -0.05) is 27.2 Å². The molecule has 0 atom stereocenters. The predicted molar refractivity (Wildman–Crippen MR) is 92.3 cm³/mol. The van der Waals surface area contributed by atoms with E-state index in [9.17, 15) is 9.36 Å². The Labute approximate surface area is 140 Å². The number of hydrogen-bond donors (Lipinski definition) is 0. The van der Waals surface area contributed by atoms with Gasteiger partial charge in [0.1, 0.15) is 0 Å². The molecular weight excluding hydrogens is 317 g/mol. The van der Waals surface area contributed by atoms with Crippen molar-refractivity contribution in [3.63, 3.8) is 0 Å². The molecule has 7 heteroatoms. The summed E-state index contributed by atoms with van der Waals surface area (Å²) in [6.07, 6.45) is 5.59. The molecule has 0 bridgehead atoms. The van der Waals surface area contributed by atoms with Crippen molar-refractivity contribution in [1.29, 1.82) is 0 Å². The average Bonchev–Trinajstić information content (AvgIpc) is 2.57. The Morgan fingerprint density at radius 1 is 1.04 bits per heavy atom. The number of methoxy groups -OCH3 is 1. The van der Waals surface area contributed by atoms with Crippen molar-refractivity contribution in [1.82, 2.24) is 4.90 Å². The summed E-state index contributed by atoms with van der Waals surface area (Å²) < 4.78 is 28.1.